The van der Waals surface area contributed by atoms with E-state index in [2.05, 4.69) is 19.2 Å². The van der Waals surface area contributed by atoms with Crippen molar-refractivity contribution in [2.75, 3.05) is 6.54 Å². The van der Waals surface area contributed by atoms with Gasteiger partial charge in [-0.05, 0) is 73.9 Å². The zero-order valence-electron chi connectivity index (χ0n) is 22.1. The van der Waals surface area contributed by atoms with Crippen molar-refractivity contribution in [1.29, 1.82) is 0 Å². The first-order valence-corrected chi connectivity index (χ1v) is 12.8. The fraction of sp³-hybridized carbons (Fsp3) is 0.429. The number of halogens is 2. The summed E-state index contributed by atoms with van der Waals surface area (Å²) < 4.78 is 14.8. The van der Waals surface area contributed by atoms with Crippen LogP contribution in [0, 0.1) is 11.2 Å². The van der Waals surface area contributed by atoms with Crippen LogP contribution in [0.15, 0.2) is 47.5 Å². The normalized spacial score (nSPS) is 18.5. The van der Waals surface area contributed by atoms with Gasteiger partial charge in [0.15, 0.2) is 0 Å². The van der Waals surface area contributed by atoms with Gasteiger partial charge >= 0.3 is 29.6 Å². The molecule has 2 aromatic carbocycles. The molecule has 0 unspecified atom stereocenters. The average Bonchev–Trinajstić information content (AvgIpc) is 3.14. The van der Waals surface area contributed by atoms with Crippen molar-refractivity contribution in [2.24, 2.45) is 10.4 Å². The molecule has 2 aliphatic rings. The first-order valence-electron chi connectivity index (χ1n) is 12.4. The summed E-state index contributed by atoms with van der Waals surface area (Å²) in [5, 5.41) is 13.4. The van der Waals surface area contributed by atoms with Crippen LogP contribution in [0.1, 0.15) is 80.4 Å². The number of rotatable bonds is 7. The zero-order valence-corrected chi connectivity index (χ0v) is 24.9. The van der Waals surface area contributed by atoms with Crippen LogP contribution in [0.2, 0.25) is 5.02 Å². The molecule has 1 spiro atoms. The molecule has 2 aromatic rings. The number of carbonyl (C=O) groups excluding carboxylic acids is 3. The Balaban J connectivity index is 0.00000400. The van der Waals surface area contributed by atoms with Crippen LogP contribution in [-0.4, -0.2) is 40.6 Å². The second-order valence-corrected chi connectivity index (χ2v) is 11.0. The molecule has 196 valence electrons. The second kappa shape index (κ2) is 11.9. The molecule has 1 atom stereocenters. The number of hydrogen-bond donors (Lipinski definition) is 1. The van der Waals surface area contributed by atoms with Crippen LogP contribution in [-0.2, 0) is 9.59 Å². The van der Waals surface area contributed by atoms with Gasteiger partial charge < -0.3 is 20.1 Å². The number of amides is 2. The van der Waals surface area contributed by atoms with Gasteiger partial charge in [-0.15, -0.1) is 0 Å². The molecule has 0 aromatic heterocycles. The molecule has 2 amide bonds. The van der Waals surface area contributed by atoms with Crippen LogP contribution in [0.25, 0.3) is 0 Å². The molecule has 1 fully saturated rings. The number of benzene rings is 2. The Labute approximate surface area is 249 Å². The number of nitrogens with one attached hydrogen (secondary N) is 1. The molecule has 1 aliphatic heterocycles. The first kappa shape index (κ1) is 30.3. The van der Waals surface area contributed by atoms with E-state index in [1.54, 1.807) is 29.2 Å². The summed E-state index contributed by atoms with van der Waals surface area (Å²) in [6.07, 6.45) is 2.76. The Morgan fingerprint density at radius 1 is 1.13 bits per heavy atom. The van der Waals surface area contributed by atoms with Crippen LogP contribution >= 0.6 is 11.6 Å². The maximum atomic E-state index is 14.8. The zero-order chi connectivity index (χ0) is 27.0. The van der Waals surface area contributed by atoms with Gasteiger partial charge in [-0.25, -0.2) is 4.39 Å². The Morgan fingerprint density at radius 2 is 1.76 bits per heavy atom. The van der Waals surface area contributed by atoms with Gasteiger partial charge in [-0.3, -0.25) is 14.6 Å². The maximum Gasteiger partial charge on any atom is 1.00 e. The second-order valence-electron chi connectivity index (χ2n) is 10.6. The molecule has 4 rings (SSSR count). The average molecular weight is 550 g/mol. The third-order valence-corrected chi connectivity index (χ3v) is 7.67. The Kier molecular flexibility index (Phi) is 9.45. The van der Waals surface area contributed by atoms with Crippen molar-refractivity contribution < 1.29 is 53.4 Å². The molecule has 38 heavy (non-hydrogen) atoms. The van der Waals surface area contributed by atoms with Gasteiger partial charge in [0.1, 0.15) is 17.2 Å². The summed E-state index contributed by atoms with van der Waals surface area (Å²) in [6, 6.07) is 10.5. The third kappa shape index (κ3) is 6.30. The monoisotopic (exact) mass is 549 g/mol. The smallest absolute Gasteiger partial charge is 0.550 e. The number of hydrogen-bond acceptors (Lipinski definition) is 5. The fourth-order valence-corrected chi connectivity index (χ4v) is 5.30. The van der Waals surface area contributed by atoms with E-state index in [9.17, 15) is 23.9 Å². The molecule has 0 radical (unpaired) electrons. The summed E-state index contributed by atoms with van der Waals surface area (Å²) in [5.74, 6) is -2.53. The first-order chi connectivity index (χ1) is 17.4. The fourth-order valence-electron chi connectivity index (χ4n) is 5.13. The number of aliphatic carboxylic acids is 1. The number of carbonyl (C=O) groups is 3. The summed E-state index contributed by atoms with van der Waals surface area (Å²) in [7, 11) is 0. The number of aliphatic imine (C=N–C) groups is 1. The van der Waals surface area contributed by atoms with Crippen LogP contribution in [0.5, 0.6) is 0 Å². The van der Waals surface area contributed by atoms with Gasteiger partial charge in [0, 0.05) is 35.1 Å². The maximum absolute atomic E-state index is 14.8. The van der Waals surface area contributed by atoms with Crippen LogP contribution in [0.3, 0.4) is 0 Å². The Hall–Kier alpha value is -2.26. The molecule has 7 nitrogen and oxygen atoms in total. The van der Waals surface area contributed by atoms with Crippen molar-refractivity contribution in [3.05, 3.63) is 70.0 Å². The minimum absolute atomic E-state index is 0. The summed E-state index contributed by atoms with van der Waals surface area (Å²) in [4.78, 5) is 43.4. The molecule has 0 bridgehead atoms. The molecule has 1 heterocycles. The van der Waals surface area contributed by atoms with Crippen molar-refractivity contribution in [3.63, 3.8) is 0 Å². The largest absolute Gasteiger partial charge is 1.00 e. The molecular weight excluding hydrogens is 520 g/mol. The van der Waals surface area contributed by atoms with E-state index in [1.807, 2.05) is 6.92 Å². The quantitative estimate of drug-likeness (QED) is 0.521. The molecule has 10 heteroatoms. The SMILES string of the molecule is C[C@H](c1ccc(C(=O)NCCC(=O)[O-])cc1)N1C(=O)C(c2cc(Cl)ccc2F)=NC12CCC(C)(C)CC2.[Na+]. The molecule has 0 saturated heterocycles. The van der Waals surface area contributed by atoms with Gasteiger partial charge in [-0.1, -0.05) is 37.6 Å². The number of carboxylic acid groups (broad SMARTS) is 1. The van der Waals surface area contributed by atoms with E-state index in [-0.39, 0.29) is 65.1 Å². The Morgan fingerprint density at radius 3 is 2.37 bits per heavy atom. The minimum Gasteiger partial charge on any atom is -0.550 e. The molecular formula is C28H30ClFN3NaO4. The topological polar surface area (TPSA) is 102 Å². The summed E-state index contributed by atoms with van der Waals surface area (Å²) >= 11 is 6.13. The van der Waals surface area contributed by atoms with E-state index in [0.29, 0.717) is 23.4 Å². The van der Waals surface area contributed by atoms with Gasteiger partial charge in [0.2, 0.25) is 0 Å². The van der Waals surface area contributed by atoms with Crippen molar-refractivity contribution in [3.8, 4) is 0 Å². The van der Waals surface area contributed by atoms with E-state index in [4.69, 9.17) is 16.6 Å². The third-order valence-electron chi connectivity index (χ3n) is 7.43. The van der Waals surface area contributed by atoms with Crippen molar-refractivity contribution in [1.82, 2.24) is 10.2 Å². The predicted molar refractivity (Wildman–Crippen MR) is 137 cm³/mol. The Bertz CT molecular complexity index is 1260. The van der Waals surface area contributed by atoms with Gasteiger partial charge in [0.05, 0.1) is 6.04 Å². The molecule has 1 N–H and O–H groups in total. The standard InChI is InChI=1S/C28H31ClFN3O4.Na/c1-17(18-4-6-19(7-5-18)25(36)31-15-10-23(34)35)33-26(37)24(21-16-20(29)8-9-22(21)30)32-28(33)13-11-27(2,3)12-14-28;/h4-9,16-17H,10-15H2,1-3H3,(H,31,36)(H,34,35);/q;+1/p-1/t17-;/m1./s1. The van der Waals surface area contributed by atoms with E-state index in [1.165, 1.54) is 18.2 Å². The van der Waals surface area contributed by atoms with E-state index >= 15 is 0 Å². The molecule has 1 aliphatic carbocycles. The summed E-state index contributed by atoms with van der Waals surface area (Å²) in [6.45, 7) is 6.27. The predicted octanol–water partition coefficient (Wildman–Crippen LogP) is 1.04. The van der Waals surface area contributed by atoms with Gasteiger partial charge in [-0.2, -0.15) is 0 Å². The van der Waals surface area contributed by atoms with Crippen molar-refractivity contribution >= 4 is 35.1 Å². The number of nitrogens with zero attached hydrogens (tertiary/aromatic N) is 2. The van der Waals surface area contributed by atoms with Crippen molar-refractivity contribution in [2.45, 2.75) is 64.6 Å². The van der Waals surface area contributed by atoms with Crippen LogP contribution < -0.4 is 40.0 Å². The van der Waals surface area contributed by atoms with E-state index in [0.717, 1.165) is 18.4 Å². The molecule has 1 saturated carbocycles. The van der Waals surface area contributed by atoms with Crippen LogP contribution in [0.4, 0.5) is 4.39 Å². The summed E-state index contributed by atoms with van der Waals surface area (Å²) in [5.41, 5.74) is 0.669. The van der Waals surface area contributed by atoms with E-state index < -0.39 is 29.4 Å². The van der Waals surface area contributed by atoms with Gasteiger partial charge in [0.25, 0.3) is 11.8 Å². The minimum atomic E-state index is -1.24. The number of carboxylic acids is 1.